The van der Waals surface area contributed by atoms with Crippen LogP contribution >= 0.6 is 0 Å². The number of aromatic nitrogens is 1. The molecule has 2 rings (SSSR count). The molecule has 0 aliphatic carbocycles. The predicted octanol–water partition coefficient (Wildman–Crippen LogP) is 2.40. The molecule has 0 amide bonds. The molecule has 0 radical (unpaired) electrons. The lowest BCUT2D eigenvalue weighted by Gasteiger charge is -2.14. The molecule has 1 aromatic rings. The zero-order valence-electron chi connectivity index (χ0n) is 10.2. The number of rotatable bonds is 3. The smallest absolute Gasteiger partial charge is 0.152 e. The zero-order valence-corrected chi connectivity index (χ0v) is 10.2. The molecule has 0 saturated carbocycles. The van der Waals surface area contributed by atoms with E-state index in [2.05, 4.69) is 11.5 Å². The van der Waals surface area contributed by atoms with Gasteiger partial charge in [-0.05, 0) is 39.2 Å². The van der Waals surface area contributed by atoms with E-state index in [1.807, 2.05) is 13.8 Å². The molecule has 0 bridgehead atoms. The van der Waals surface area contributed by atoms with Gasteiger partial charge in [-0.2, -0.15) is 0 Å². The molecule has 1 atom stereocenters. The lowest BCUT2D eigenvalue weighted by Crippen LogP contribution is -2.17. The molecule has 2 heterocycles. The molecule has 3 nitrogen and oxygen atoms in total. The van der Waals surface area contributed by atoms with E-state index < -0.39 is 0 Å². The highest BCUT2D eigenvalue weighted by Gasteiger charge is 2.20. The van der Waals surface area contributed by atoms with Crippen LogP contribution in [0.2, 0.25) is 0 Å². The fourth-order valence-electron chi connectivity index (χ4n) is 2.51. The summed E-state index contributed by atoms with van der Waals surface area (Å²) >= 11 is 0. The Morgan fingerprint density at radius 2 is 2.12 bits per heavy atom. The molecule has 1 fully saturated rings. The summed E-state index contributed by atoms with van der Waals surface area (Å²) in [5.41, 5.74) is 4.21. The van der Waals surface area contributed by atoms with Crippen molar-refractivity contribution in [1.82, 2.24) is 4.57 Å². The maximum Gasteiger partial charge on any atom is 0.152 e. The third kappa shape index (κ3) is 1.80. The van der Waals surface area contributed by atoms with Crippen LogP contribution in [0.5, 0.6) is 0 Å². The first-order valence-electron chi connectivity index (χ1n) is 5.88. The normalized spacial score (nSPS) is 20.3. The number of carbonyl (C=O) groups is 1. The third-order valence-corrected chi connectivity index (χ3v) is 3.67. The standard InChI is InChI=1S/C13H19NO2/c1-9-10(2)14(11(3)13(9)8-15)7-12-5-4-6-16-12/h8,12H,4-7H2,1-3H3/t12-/m1/s1. The van der Waals surface area contributed by atoms with Gasteiger partial charge in [0.25, 0.3) is 0 Å². The monoisotopic (exact) mass is 221 g/mol. The minimum Gasteiger partial charge on any atom is -0.376 e. The SMILES string of the molecule is Cc1c(C=O)c(C)n(C[C@H]2CCCO2)c1C. The molecule has 1 aliphatic heterocycles. The van der Waals surface area contributed by atoms with Crippen LogP contribution in [0, 0.1) is 20.8 Å². The summed E-state index contributed by atoms with van der Waals surface area (Å²) in [5, 5.41) is 0. The van der Waals surface area contributed by atoms with Crippen molar-refractivity contribution in [3.63, 3.8) is 0 Å². The van der Waals surface area contributed by atoms with Crippen molar-refractivity contribution in [2.75, 3.05) is 6.61 Å². The van der Waals surface area contributed by atoms with Gasteiger partial charge in [-0.15, -0.1) is 0 Å². The van der Waals surface area contributed by atoms with Crippen molar-refractivity contribution >= 4 is 6.29 Å². The summed E-state index contributed by atoms with van der Waals surface area (Å²) in [7, 11) is 0. The zero-order chi connectivity index (χ0) is 11.7. The van der Waals surface area contributed by atoms with Crippen molar-refractivity contribution < 1.29 is 9.53 Å². The van der Waals surface area contributed by atoms with Crippen LogP contribution in [0.15, 0.2) is 0 Å². The second-order valence-corrected chi connectivity index (χ2v) is 4.57. The topological polar surface area (TPSA) is 31.2 Å². The molecule has 3 heteroatoms. The first-order chi connectivity index (χ1) is 7.65. The van der Waals surface area contributed by atoms with E-state index >= 15 is 0 Å². The van der Waals surface area contributed by atoms with Crippen LogP contribution in [0.1, 0.15) is 40.2 Å². The quantitative estimate of drug-likeness (QED) is 0.734. The molecule has 0 unspecified atom stereocenters. The molecule has 88 valence electrons. The summed E-state index contributed by atoms with van der Waals surface area (Å²) in [6.45, 7) is 7.86. The maximum absolute atomic E-state index is 11.0. The van der Waals surface area contributed by atoms with Crippen molar-refractivity contribution in [2.24, 2.45) is 0 Å². The molecule has 1 aromatic heterocycles. The summed E-state index contributed by atoms with van der Waals surface area (Å²) < 4.78 is 7.86. The molecule has 0 aromatic carbocycles. The second kappa shape index (κ2) is 4.42. The van der Waals surface area contributed by atoms with Gasteiger partial charge in [0.1, 0.15) is 0 Å². The third-order valence-electron chi connectivity index (χ3n) is 3.67. The van der Waals surface area contributed by atoms with Gasteiger partial charge in [-0.25, -0.2) is 0 Å². The average Bonchev–Trinajstić information content (AvgIpc) is 2.83. The lowest BCUT2D eigenvalue weighted by atomic mass is 10.1. The Bertz CT molecular complexity index is 401. The van der Waals surface area contributed by atoms with Gasteiger partial charge < -0.3 is 9.30 Å². The van der Waals surface area contributed by atoms with Crippen LogP contribution < -0.4 is 0 Å². The van der Waals surface area contributed by atoms with Gasteiger partial charge in [-0.1, -0.05) is 0 Å². The predicted molar refractivity (Wildman–Crippen MR) is 63.0 cm³/mol. The lowest BCUT2D eigenvalue weighted by molar-refractivity contribution is 0.0960. The molecule has 0 spiro atoms. The molecular formula is C13H19NO2. The van der Waals surface area contributed by atoms with E-state index in [4.69, 9.17) is 4.74 Å². The van der Waals surface area contributed by atoms with Crippen LogP contribution in [0.3, 0.4) is 0 Å². The number of carbonyl (C=O) groups excluding carboxylic acids is 1. The number of hydrogen-bond acceptors (Lipinski definition) is 2. The first-order valence-corrected chi connectivity index (χ1v) is 5.88. The van der Waals surface area contributed by atoms with Crippen molar-refractivity contribution in [2.45, 2.75) is 46.3 Å². The Kier molecular flexibility index (Phi) is 3.15. The van der Waals surface area contributed by atoms with Gasteiger partial charge in [-0.3, -0.25) is 4.79 Å². The van der Waals surface area contributed by atoms with E-state index in [0.29, 0.717) is 6.10 Å². The summed E-state index contributed by atoms with van der Waals surface area (Å²) in [6, 6.07) is 0. The minimum atomic E-state index is 0.323. The maximum atomic E-state index is 11.0. The molecular weight excluding hydrogens is 202 g/mol. The van der Waals surface area contributed by atoms with Crippen LogP contribution in [0.4, 0.5) is 0 Å². The average molecular weight is 221 g/mol. The minimum absolute atomic E-state index is 0.323. The van der Waals surface area contributed by atoms with Crippen molar-refractivity contribution in [3.8, 4) is 0 Å². The van der Waals surface area contributed by atoms with Gasteiger partial charge in [0, 0.05) is 30.1 Å². The highest BCUT2D eigenvalue weighted by molar-refractivity contribution is 5.79. The molecule has 1 aliphatic rings. The van der Waals surface area contributed by atoms with Gasteiger partial charge in [0.05, 0.1) is 6.10 Å². The number of hydrogen-bond donors (Lipinski definition) is 0. The Labute approximate surface area is 96.4 Å². The van der Waals surface area contributed by atoms with Crippen molar-refractivity contribution in [3.05, 3.63) is 22.5 Å². The summed E-state index contributed by atoms with van der Waals surface area (Å²) in [6.07, 6.45) is 3.57. The second-order valence-electron chi connectivity index (χ2n) is 4.57. The van der Waals surface area contributed by atoms with E-state index in [1.54, 1.807) is 0 Å². The molecule has 1 saturated heterocycles. The van der Waals surface area contributed by atoms with Crippen LogP contribution in [-0.2, 0) is 11.3 Å². The van der Waals surface area contributed by atoms with Gasteiger partial charge in [0.2, 0.25) is 0 Å². The van der Waals surface area contributed by atoms with E-state index in [0.717, 1.165) is 49.1 Å². The van der Waals surface area contributed by atoms with E-state index in [9.17, 15) is 4.79 Å². The van der Waals surface area contributed by atoms with E-state index in [-0.39, 0.29) is 0 Å². The number of ether oxygens (including phenoxy) is 1. The van der Waals surface area contributed by atoms with Crippen LogP contribution in [0.25, 0.3) is 0 Å². The largest absolute Gasteiger partial charge is 0.376 e. The summed E-state index contributed by atoms with van der Waals surface area (Å²) in [5.74, 6) is 0. The fourth-order valence-corrected chi connectivity index (χ4v) is 2.51. The molecule has 16 heavy (non-hydrogen) atoms. The highest BCUT2D eigenvalue weighted by Crippen LogP contribution is 2.22. The Balaban J connectivity index is 2.29. The van der Waals surface area contributed by atoms with Gasteiger partial charge >= 0.3 is 0 Å². The fraction of sp³-hybridized carbons (Fsp3) is 0.615. The highest BCUT2D eigenvalue weighted by atomic mass is 16.5. The van der Waals surface area contributed by atoms with Crippen molar-refractivity contribution in [1.29, 1.82) is 0 Å². The number of aldehydes is 1. The van der Waals surface area contributed by atoms with Gasteiger partial charge in [0.15, 0.2) is 6.29 Å². The number of nitrogens with zero attached hydrogens (tertiary/aromatic N) is 1. The first kappa shape index (κ1) is 11.4. The Morgan fingerprint density at radius 1 is 1.38 bits per heavy atom. The Hall–Kier alpha value is -1.09. The summed E-state index contributed by atoms with van der Waals surface area (Å²) in [4.78, 5) is 11.0. The Morgan fingerprint density at radius 3 is 2.62 bits per heavy atom. The van der Waals surface area contributed by atoms with E-state index in [1.165, 1.54) is 5.69 Å². The van der Waals surface area contributed by atoms with Crippen LogP contribution in [-0.4, -0.2) is 23.6 Å². The molecule has 0 N–H and O–H groups in total.